The molecule has 1 saturated heterocycles. The fourth-order valence-electron chi connectivity index (χ4n) is 2.25. The molecule has 2 rings (SSSR count). The molecule has 0 radical (unpaired) electrons. The topological polar surface area (TPSA) is 89.2 Å². The molecule has 112 valence electrons. The summed E-state index contributed by atoms with van der Waals surface area (Å²) in [5, 5.41) is 3.29. The highest BCUT2D eigenvalue weighted by Gasteiger charge is 2.19. The molecule has 1 atom stereocenters. The number of nitrogens with one attached hydrogen (secondary N) is 1. The molecule has 0 amide bonds. The van der Waals surface area contributed by atoms with Crippen LogP contribution in [0.5, 0.6) is 0 Å². The summed E-state index contributed by atoms with van der Waals surface area (Å²) in [5.74, 6) is 1.85. The average molecular weight is 280 g/mol. The molecule has 2 heterocycles. The Labute approximate surface area is 119 Å². The summed E-state index contributed by atoms with van der Waals surface area (Å²) in [6.07, 6.45) is 2.35. The Kier molecular flexibility index (Phi) is 4.94. The molecule has 0 bridgehead atoms. The SMILES string of the molecule is COCC(Nc1nc(N)nc(N2CCCC2)n1)C(C)C. The van der Waals surface area contributed by atoms with Gasteiger partial charge in [0, 0.05) is 20.2 Å². The van der Waals surface area contributed by atoms with Crippen molar-refractivity contribution in [3.63, 3.8) is 0 Å². The standard InChI is InChI=1S/C13H24N6O/c1-9(2)10(8-20-3)15-12-16-11(14)17-13(18-12)19-6-4-5-7-19/h9-10H,4-8H2,1-3H3,(H3,14,15,16,17,18). The van der Waals surface area contributed by atoms with E-state index in [1.165, 1.54) is 12.8 Å². The molecule has 0 aliphatic carbocycles. The zero-order valence-electron chi connectivity index (χ0n) is 12.5. The van der Waals surface area contributed by atoms with Gasteiger partial charge in [-0.3, -0.25) is 0 Å². The van der Waals surface area contributed by atoms with Crippen LogP contribution < -0.4 is 16.0 Å². The molecule has 0 saturated carbocycles. The number of nitrogens with two attached hydrogens (primary N) is 1. The van der Waals surface area contributed by atoms with Crippen LogP contribution >= 0.6 is 0 Å². The highest BCUT2D eigenvalue weighted by molar-refractivity contribution is 5.42. The molecule has 0 aromatic carbocycles. The van der Waals surface area contributed by atoms with Crippen LogP contribution in [0.15, 0.2) is 0 Å². The minimum absolute atomic E-state index is 0.147. The Morgan fingerprint density at radius 3 is 2.55 bits per heavy atom. The van der Waals surface area contributed by atoms with E-state index in [0.29, 0.717) is 24.4 Å². The summed E-state index contributed by atoms with van der Waals surface area (Å²) in [7, 11) is 1.69. The highest BCUT2D eigenvalue weighted by atomic mass is 16.5. The second-order valence-corrected chi connectivity index (χ2v) is 5.46. The van der Waals surface area contributed by atoms with Gasteiger partial charge in [0.05, 0.1) is 12.6 Å². The molecule has 1 fully saturated rings. The third-order valence-electron chi connectivity index (χ3n) is 3.50. The second kappa shape index (κ2) is 6.69. The number of rotatable bonds is 6. The van der Waals surface area contributed by atoms with Gasteiger partial charge in [0.1, 0.15) is 0 Å². The first-order chi connectivity index (χ1) is 9.60. The van der Waals surface area contributed by atoms with Crippen LogP contribution in [0.2, 0.25) is 0 Å². The van der Waals surface area contributed by atoms with E-state index in [0.717, 1.165) is 13.1 Å². The molecule has 1 aliphatic rings. The van der Waals surface area contributed by atoms with Crippen molar-refractivity contribution in [3.8, 4) is 0 Å². The van der Waals surface area contributed by atoms with Crippen molar-refractivity contribution < 1.29 is 4.74 Å². The van der Waals surface area contributed by atoms with Crippen LogP contribution in [0.25, 0.3) is 0 Å². The van der Waals surface area contributed by atoms with Gasteiger partial charge in [-0.05, 0) is 18.8 Å². The number of nitrogen functional groups attached to an aromatic ring is 1. The van der Waals surface area contributed by atoms with Crippen molar-refractivity contribution in [3.05, 3.63) is 0 Å². The van der Waals surface area contributed by atoms with E-state index in [4.69, 9.17) is 10.5 Å². The minimum atomic E-state index is 0.147. The number of hydrogen-bond acceptors (Lipinski definition) is 7. The van der Waals surface area contributed by atoms with Crippen LogP contribution in [-0.2, 0) is 4.74 Å². The van der Waals surface area contributed by atoms with Gasteiger partial charge in [0.25, 0.3) is 0 Å². The number of anilines is 3. The molecule has 20 heavy (non-hydrogen) atoms. The van der Waals surface area contributed by atoms with Crippen LogP contribution in [0.4, 0.5) is 17.8 Å². The lowest BCUT2D eigenvalue weighted by molar-refractivity contribution is 0.171. The normalized spacial score (nSPS) is 16.7. The first kappa shape index (κ1) is 14.8. The van der Waals surface area contributed by atoms with Gasteiger partial charge >= 0.3 is 0 Å². The quantitative estimate of drug-likeness (QED) is 0.807. The number of ether oxygens (including phenoxy) is 1. The van der Waals surface area contributed by atoms with Gasteiger partial charge in [-0.25, -0.2) is 0 Å². The van der Waals surface area contributed by atoms with E-state index < -0.39 is 0 Å². The fourth-order valence-corrected chi connectivity index (χ4v) is 2.25. The zero-order valence-corrected chi connectivity index (χ0v) is 12.5. The molecule has 7 heteroatoms. The molecule has 3 N–H and O–H groups in total. The second-order valence-electron chi connectivity index (χ2n) is 5.46. The number of methoxy groups -OCH3 is 1. The van der Waals surface area contributed by atoms with E-state index in [1.807, 2.05) is 0 Å². The van der Waals surface area contributed by atoms with E-state index >= 15 is 0 Å². The van der Waals surface area contributed by atoms with Gasteiger partial charge in [-0.15, -0.1) is 0 Å². The first-order valence-electron chi connectivity index (χ1n) is 7.12. The van der Waals surface area contributed by atoms with E-state index in [9.17, 15) is 0 Å². The first-order valence-corrected chi connectivity index (χ1v) is 7.12. The Morgan fingerprint density at radius 1 is 1.25 bits per heavy atom. The number of nitrogens with zero attached hydrogens (tertiary/aromatic N) is 4. The van der Waals surface area contributed by atoms with Gasteiger partial charge in [-0.2, -0.15) is 15.0 Å². The third-order valence-corrected chi connectivity index (χ3v) is 3.50. The lowest BCUT2D eigenvalue weighted by Crippen LogP contribution is -2.32. The summed E-state index contributed by atoms with van der Waals surface area (Å²) >= 11 is 0. The van der Waals surface area contributed by atoms with Crippen LogP contribution in [-0.4, -0.2) is 47.8 Å². The van der Waals surface area contributed by atoms with Gasteiger partial charge in [0.15, 0.2) is 0 Å². The van der Waals surface area contributed by atoms with E-state index in [-0.39, 0.29) is 12.0 Å². The van der Waals surface area contributed by atoms with Crippen LogP contribution in [0.3, 0.4) is 0 Å². The van der Waals surface area contributed by atoms with Crippen molar-refractivity contribution in [2.75, 3.05) is 42.8 Å². The summed E-state index contributed by atoms with van der Waals surface area (Å²) in [5.41, 5.74) is 5.79. The van der Waals surface area contributed by atoms with Gasteiger partial charge < -0.3 is 20.7 Å². The molecular formula is C13H24N6O. The van der Waals surface area contributed by atoms with Crippen LogP contribution in [0.1, 0.15) is 26.7 Å². The van der Waals surface area contributed by atoms with Gasteiger partial charge in [0.2, 0.25) is 17.8 Å². The minimum Gasteiger partial charge on any atom is -0.383 e. The van der Waals surface area contributed by atoms with Crippen molar-refractivity contribution in [1.29, 1.82) is 0 Å². The molecule has 1 aliphatic heterocycles. The molecule has 1 aromatic rings. The maximum atomic E-state index is 5.79. The molecule has 7 nitrogen and oxygen atoms in total. The zero-order chi connectivity index (χ0) is 14.5. The molecular weight excluding hydrogens is 256 g/mol. The lowest BCUT2D eigenvalue weighted by atomic mass is 10.1. The summed E-state index contributed by atoms with van der Waals surface area (Å²) in [6, 6.07) is 0.147. The van der Waals surface area contributed by atoms with Crippen molar-refractivity contribution in [1.82, 2.24) is 15.0 Å². The van der Waals surface area contributed by atoms with Crippen molar-refractivity contribution >= 4 is 17.8 Å². The maximum absolute atomic E-state index is 5.79. The average Bonchev–Trinajstić information content (AvgIpc) is 2.91. The number of hydrogen-bond donors (Lipinski definition) is 2. The smallest absolute Gasteiger partial charge is 0.231 e. The molecule has 0 spiro atoms. The van der Waals surface area contributed by atoms with Crippen molar-refractivity contribution in [2.24, 2.45) is 5.92 Å². The fraction of sp³-hybridized carbons (Fsp3) is 0.769. The Balaban J connectivity index is 2.14. The summed E-state index contributed by atoms with van der Waals surface area (Å²) < 4.78 is 5.22. The molecule has 1 unspecified atom stereocenters. The molecule has 1 aromatic heterocycles. The van der Waals surface area contributed by atoms with Gasteiger partial charge in [-0.1, -0.05) is 13.8 Å². The Bertz CT molecular complexity index is 433. The lowest BCUT2D eigenvalue weighted by Gasteiger charge is -2.22. The van der Waals surface area contributed by atoms with E-state index in [2.05, 4.69) is 39.0 Å². The summed E-state index contributed by atoms with van der Waals surface area (Å²) in [4.78, 5) is 15.0. The highest BCUT2D eigenvalue weighted by Crippen LogP contribution is 2.18. The largest absolute Gasteiger partial charge is 0.383 e. The van der Waals surface area contributed by atoms with Crippen LogP contribution in [0, 0.1) is 5.92 Å². The predicted molar refractivity (Wildman–Crippen MR) is 79.8 cm³/mol. The monoisotopic (exact) mass is 280 g/mol. The summed E-state index contributed by atoms with van der Waals surface area (Å²) in [6.45, 7) is 6.82. The third kappa shape index (κ3) is 3.69. The number of aromatic nitrogens is 3. The van der Waals surface area contributed by atoms with E-state index in [1.54, 1.807) is 7.11 Å². The maximum Gasteiger partial charge on any atom is 0.231 e. The Morgan fingerprint density at radius 2 is 1.95 bits per heavy atom. The predicted octanol–water partition coefficient (Wildman–Crippen LogP) is 1.14. The van der Waals surface area contributed by atoms with Crippen molar-refractivity contribution in [2.45, 2.75) is 32.7 Å². The Hall–Kier alpha value is -1.63.